The van der Waals surface area contributed by atoms with Gasteiger partial charge in [0.15, 0.2) is 0 Å². The molecule has 0 amide bonds. The van der Waals surface area contributed by atoms with E-state index in [-0.39, 0.29) is 0 Å². The minimum atomic E-state index is 0.779. The Labute approximate surface area is 89.4 Å². The average molecular weight is 205 g/mol. The molecule has 1 aliphatic carbocycles. The molecule has 3 nitrogen and oxygen atoms in total. The Kier molecular flexibility index (Phi) is 2.90. The van der Waals surface area contributed by atoms with Crippen LogP contribution in [0.4, 0.5) is 0 Å². The van der Waals surface area contributed by atoms with Crippen LogP contribution in [0.25, 0.3) is 0 Å². The largest absolute Gasteiger partial charge is 0.497 e. The first-order chi connectivity index (χ1) is 7.35. The molecule has 0 spiro atoms. The molecule has 15 heavy (non-hydrogen) atoms. The van der Waals surface area contributed by atoms with Gasteiger partial charge in [0.25, 0.3) is 0 Å². The SMILES string of the molecule is COc1ccc2c(c1)/C(=N\O)CCCC2. The second-order valence-corrected chi connectivity index (χ2v) is 3.78. The van der Waals surface area contributed by atoms with Crippen LogP contribution in [0.3, 0.4) is 0 Å². The topological polar surface area (TPSA) is 41.8 Å². The Morgan fingerprint density at radius 2 is 2.07 bits per heavy atom. The quantitative estimate of drug-likeness (QED) is 0.435. The number of rotatable bonds is 1. The molecule has 0 bridgehead atoms. The van der Waals surface area contributed by atoms with Gasteiger partial charge in [-0.1, -0.05) is 11.2 Å². The number of methoxy groups -OCH3 is 1. The second-order valence-electron chi connectivity index (χ2n) is 3.78. The van der Waals surface area contributed by atoms with Gasteiger partial charge in [-0.3, -0.25) is 0 Å². The molecule has 0 radical (unpaired) electrons. The van der Waals surface area contributed by atoms with Gasteiger partial charge in [-0.05, 0) is 43.4 Å². The van der Waals surface area contributed by atoms with Crippen LogP contribution in [-0.2, 0) is 6.42 Å². The number of oxime groups is 1. The fourth-order valence-corrected chi connectivity index (χ4v) is 2.02. The van der Waals surface area contributed by atoms with Crippen molar-refractivity contribution in [3.8, 4) is 5.75 Å². The highest BCUT2D eigenvalue weighted by Crippen LogP contribution is 2.25. The summed E-state index contributed by atoms with van der Waals surface area (Å²) in [6, 6.07) is 5.97. The van der Waals surface area contributed by atoms with Crippen molar-refractivity contribution >= 4 is 5.71 Å². The lowest BCUT2D eigenvalue weighted by molar-refractivity contribution is 0.318. The fourth-order valence-electron chi connectivity index (χ4n) is 2.02. The zero-order valence-corrected chi connectivity index (χ0v) is 8.86. The monoisotopic (exact) mass is 205 g/mol. The van der Waals surface area contributed by atoms with Gasteiger partial charge < -0.3 is 9.94 Å². The Bertz CT molecular complexity index is 385. The number of benzene rings is 1. The zero-order chi connectivity index (χ0) is 10.7. The fraction of sp³-hybridized carbons (Fsp3) is 0.417. The van der Waals surface area contributed by atoms with Crippen molar-refractivity contribution in [2.45, 2.75) is 25.7 Å². The van der Waals surface area contributed by atoms with Crippen LogP contribution in [0.2, 0.25) is 0 Å². The Morgan fingerprint density at radius 1 is 1.27 bits per heavy atom. The highest BCUT2D eigenvalue weighted by Gasteiger charge is 2.14. The predicted octanol–water partition coefficient (Wildman–Crippen LogP) is 2.60. The molecule has 1 N–H and O–H groups in total. The molecule has 0 aromatic heterocycles. The smallest absolute Gasteiger partial charge is 0.119 e. The van der Waals surface area contributed by atoms with Crippen molar-refractivity contribution in [2.75, 3.05) is 7.11 Å². The number of fused-ring (bicyclic) bond motifs is 1. The maximum absolute atomic E-state index is 8.97. The van der Waals surface area contributed by atoms with Gasteiger partial charge in [0.05, 0.1) is 12.8 Å². The van der Waals surface area contributed by atoms with Crippen LogP contribution >= 0.6 is 0 Å². The molecule has 0 heterocycles. The summed E-state index contributed by atoms with van der Waals surface area (Å²) in [4.78, 5) is 0. The van der Waals surface area contributed by atoms with E-state index in [1.54, 1.807) is 7.11 Å². The minimum Gasteiger partial charge on any atom is -0.497 e. The summed E-state index contributed by atoms with van der Waals surface area (Å²) in [7, 11) is 1.65. The normalized spacial score (nSPS) is 18.3. The lowest BCUT2D eigenvalue weighted by atomic mass is 10.0. The van der Waals surface area contributed by atoms with E-state index >= 15 is 0 Å². The third kappa shape index (κ3) is 1.96. The van der Waals surface area contributed by atoms with Crippen molar-refractivity contribution < 1.29 is 9.94 Å². The van der Waals surface area contributed by atoms with Crippen LogP contribution in [0, 0.1) is 0 Å². The van der Waals surface area contributed by atoms with Gasteiger partial charge in [-0.15, -0.1) is 0 Å². The summed E-state index contributed by atoms with van der Waals surface area (Å²) < 4.78 is 5.18. The third-order valence-electron chi connectivity index (χ3n) is 2.86. The van der Waals surface area contributed by atoms with Crippen LogP contribution in [0.5, 0.6) is 5.75 Å². The van der Waals surface area contributed by atoms with E-state index in [0.717, 1.165) is 42.7 Å². The van der Waals surface area contributed by atoms with Gasteiger partial charge in [0.1, 0.15) is 5.75 Å². The Hall–Kier alpha value is -1.51. The Balaban J connectivity index is 2.48. The molecule has 3 heteroatoms. The summed E-state index contributed by atoms with van der Waals surface area (Å²) in [6.07, 6.45) is 4.13. The number of hydrogen-bond acceptors (Lipinski definition) is 3. The van der Waals surface area contributed by atoms with Gasteiger partial charge >= 0.3 is 0 Å². The molecule has 1 aliphatic rings. The highest BCUT2D eigenvalue weighted by molar-refractivity contribution is 6.02. The maximum Gasteiger partial charge on any atom is 0.119 e. The first kappa shape index (κ1) is 10.0. The van der Waals surface area contributed by atoms with Crippen LogP contribution < -0.4 is 4.74 Å². The highest BCUT2D eigenvalue weighted by atomic mass is 16.5. The van der Waals surface area contributed by atoms with Crippen molar-refractivity contribution in [2.24, 2.45) is 5.16 Å². The summed E-state index contributed by atoms with van der Waals surface area (Å²) in [5, 5.41) is 12.4. The van der Waals surface area contributed by atoms with E-state index in [0.29, 0.717) is 0 Å². The van der Waals surface area contributed by atoms with E-state index in [1.807, 2.05) is 12.1 Å². The van der Waals surface area contributed by atoms with E-state index in [1.165, 1.54) is 5.56 Å². The number of hydrogen-bond donors (Lipinski definition) is 1. The second kappa shape index (κ2) is 4.34. The molecule has 0 aliphatic heterocycles. The molecule has 80 valence electrons. The molecule has 0 unspecified atom stereocenters. The van der Waals surface area contributed by atoms with Crippen LogP contribution in [0.1, 0.15) is 30.4 Å². The summed E-state index contributed by atoms with van der Waals surface area (Å²) in [6.45, 7) is 0. The molecule has 0 fully saturated rings. The van der Waals surface area contributed by atoms with Gasteiger partial charge in [0, 0.05) is 5.56 Å². The molecule has 2 rings (SSSR count). The number of aryl methyl sites for hydroxylation is 1. The molecular weight excluding hydrogens is 190 g/mol. The van der Waals surface area contributed by atoms with Gasteiger partial charge in [-0.2, -0.15) is 0 Å². The lowest BCUT2D eigenvalue weighted by Crippen LogP contribution is -2.02. The minimum absolute atomic E-state index is 0.779. The summed E-state index contributed by atoms with van der Waals surface area (Å²) in [5.74, 6) is 0.816. The summed E-state index contributed by atoms with van der Waals surface area (Å²) >= 11 is 0. The van der Waals surface area contributed by atoms with Crippen LogP contribution in [-0.4, -0.2) is 18.0 Å². The molecule has 0 atom stereocenters. The number of nitrogens with zero attached hydrogens (tertiary/aromatic N) is 1. The first-order valence-electron chi connectivity index (χ1n) is 5.23. The molecule has 1 aromatic carbocycles. The van der Waals surface area contributed by atoms with E-state index in [4.69, 9.17) is 9.94 Å². The van der Waals surface area contributed by atoms with Crippen molar-refractivity contribution in [1.29, 1.82) is 0 Å². The first-order valence-corrected chi connectivity index (χ1v) is 5.23. The molecule has 0 saturated carbocycles. The molecule has 1 aromatic rings. The zero-order valence-electron chi connectivity index (χ0n) is 8.86. The van der Waals surface area contributed by atoms with Gasteiger partial charge in [0.2, 0.25) is 0 Å². The maximum atomic E-state index is 8.97. The number of ether oxygens (including phenoxy) is 1. The third-order valence-corrected chi connectivity index (χ3v) is 2.86. The Morgan fingerprint density at radius 3 is 2.80 bits per heavy atom. The lowest BCUT2D eigenvalue weighted by Gasteiger charge is -2.08. The van der Waals surface area contributed by atoms with E-state index in [2.05, 4.69) is 11.2 Å². The molecule has 0 saturated heterocycles. The van der Waals surface area contributed by atoms with Crippen molar-refractivity contribution in [3.63, 3.8) is 0 Å². The van der Waals surface area contributed by atoms with E-state index < -0.39 is 0 Å². The van der Waals surface area contributed by atoms with Gasteiger partial charge in [-0.25, -0.2) is 0 Å². The molecular formula is C12H15NO2. The van der Waals surface area contributed by atoms with Crippen molar-refractivity contribution in [3.05, 3.63) is 29.3 Å². The van der Waals surface area contributed by atoms with Crippen LogP contribution in [0.15, 0.2) is 23.4 Å². The van der Waals surface area contributed by atoms with Crippen molar-refractivity contribution in [1.82, 2.24) is 0 Å². The predicted molar refractivity (Wildman–Crippen MR) is 58.9 cm³/mol. The van der Waals surface area contributed by atoms with E-state index in [9.17, 15) is 0 Å². The summed E-state index contributed by atoms with van der Waals surface area (Å²) in [5.41, 5.74) is 3.07. The standard InChI is InChI=1S/C12H15NO2/c1-15-10-7-6-9-4-2-3-5-12(13-14)11(9)8-10/h6-8,14H,2-5H2,1H3/b13-12-. The average Bonchev–Trinajstić information content (AvgIpc) is 2.49.